The average Bonchev–Trinajstić information content (AvgIpc) is 2.64. The number of hydrogen-bond donors (Lipinski definition) is 2. The van der Waals surface area contributed by atoms with Crippen molar-refractivity contribution in [3.63, 3.8) is 0 Å². The normalized spacial score (nSPS) is 17.3. The minimum absolute atomic E-state index is 0.0215. The van der Waals surface area contributed by atoms with Crippen molar-refractivity contribution >= 4 is 23.3 Å². The molecule has 126 valence electrons. The fraction of sp³-hybridized carbons (Fsp3) is 0.353. The SMILES string of the molecule is COc1cncc(-c2cc(NC(=O)[C@@H]3CCCNC3)ncc2Cl)c1. The molecule has 0 saturated carbocycles. The van der Waals surface area contributed by atoms with Gasteiger partial charge in [0.05, 0.1) is 24.2 Å². The molecule has 0 radical (unpaired) electrons. The van der Waals surface area contributed by atoms with E-state index in [2.05, 4.69) is 20.6 Å². The summed E-state index contributed by atoms with van der Waals surface area (Å²) in [6.45, 7) is 1.67. The van der Waals surface area contributed by atoms with Crippen LogP contribution in [0, 0.1) is 5.92 Å². The zero-order valence-electron chi connectivity index (χ0n) is 13.4. The number of carbonyl (C=O) groups is 1. The van der Waals surface area contributed by atoms with Crippen LogP contribution in [0.4, 0.5) is 5.82 Å². The zero-order valence-corrected chi connectivity index (χ0v) is 14.1. The van der Waals surface area contributed by atoms with Crippen LogP contribution in [0.1, 0.15) is 12.8 Å². The summed E-state index contributed by atoms with van der Waals surface area (Å²) in [5.41, 5.74) is 1.55. The minimum Gasteiger partial charge on any atom is -0.495 e. The Morgan fingerprint density at radius 3 is 3.00 bits per heavy atom. The number of amides is 1. The Labute approximate surface area is 145 Å². The molecule has 0 spiro atoms. The molecule has 1 aliphatic heterocycles. The molecule has 1 aliphatic rings. The number of piperidine rings is 1. The lowest BCUT2D eigenvalue weighted by Gasteiger charge is -2.21. The lowest BCUT2D eigenvalue weighted by atomic mass is 9.99. The van der Waals surface area contributed by atoms with E-state index in [9.17, 15) is 4.79 Å². The third-order valence-corrected chi connectivity index (χ3v) is 4.34. The van der Waals surface area contributed by atoms with Gasteiger partial charge in [-0.1, -0.05) is 11.6 Å². The molecule has 0 bridgehead atoms. The van der Waals surface area contributed by atoms with E-state index in [1.54, 1.807) is 25.6 Å². The molecule has 6 nitrogen and oxygen atoms in total. The maximum Gasteiger partial charge on any atom is 0.229 e. The summed E-state index contributed by atoms with van der Waals surface area (Å²) in [6.07, 6.45) is 6.74. The quantitative estimate of drug-likeness (QED) is 0.890. The predicted octanol–water partition coefficient (Wildman–Crippen LogP) is 2.74. The van der Waals surface area contributed by atoms with Gasteiger partial charge in [0.2, 0.25) is 5.91 Å². The Morgan fingerprint density at radius 2 is 2.25 bits per heavy atom. The van der Waals surface area contributed by atoms with Crippen molar-refractivity contribution in [1.29, 1.82) is 0 Å². The summed E-state index contributed by atoms with van der Waals surface area (Å²) in [7, 11) is 1.58. The maximum absolute atomic E-state index is 12.3. The molecule has 1 amide bonds. The van der Waals surface area contributed by atoms with Crippen molar-refractivity contribution in [1.82, 2.24) is 15.3 Å². The van der Waals surface area contributed by atoms with Gasteiger partial charge in [-0.3, -0.25) is 9.78 Å². The van der Waals surface area contributed by atoms with E-state index in [4.69, 9.17) is 16.3 Å². The Kier molecular flexibility index (Phi) is 5.27. The number of halogens is 1. The van der Waals surface area contributed by atoms with Crippen molar-refractivity contribution in [2.45, 2.75) is 12.8 Å². The summed E-state index contributed by atoms with van der Waals surface area (Å²) in [5, 5.41) is 6.60. The van der Waals surface area contributed by atoms with E-state index in [1.807, 2.05) is 6.07 Å². The third-order valence-electron chi connectivity index (χ3n) is 4.03. The number of aromatic nitrogens is 2. The van der Waals surface area contributed by atoms with Crippen LogP contribution in [0.3, 0.4) is 0 Å². The molecule has 3 rings (SSSR count). The first-order valence-corrected chi connectivity index (χ1v) is 8.21. The highest BCUT2D eigenvalue weighted by Crippen LogP contribution is 2.30. The number of methoxy groups -OCH3 is 1. The number of pyridine rings is 2. The molecule has 2 aromatic rings. The molecule has 1 saturated heterocycles. The molecule has 7 heteroatoms. The summed E-state index contributed by atoms with van der Waals surface area (Å²) in [6, 6.07) is 3.60. The van der Waals surface area contributed by atoms with Crippen LogP contribution in [-0.2, 0) is 4.79 Å². The minimum atomic E-state index is -0.0295. The molecule has 1 fully saturated rings. The molecule has 2 aromatic heterocycles. The van der Waals surface area contributed by atoms with E-state index < -0.39 is 0 Å². The first-order chi connectivity index (χ1) is 11.7. The van der Waals surface area contributed by atoms with Gasteiger partial charge in [0.15, 0.2) is 0 Å². The van der Waals surface area contributed by atoms with Gasteiger partial charge in [0, 0.05) is 30.1 Å². The number of rotatable bonds is 4. The van der Waals surface area contributed by atoms with Crippen LogP contribution in [0.5, 0.6) is 5.75 Å². The Balaban J connectivity index is 1.81. The van der Waals surface area contributed by atoms with Crippen LogP contribution in [-0.4, -0.2) is 36.1 Å². The largest absolute Gasteiger partial charge is 0.495 e. The highest BCUT2D eigenvalue weighted by atomic mass is 35.5. The van der Waals surface area contributed by atoms with E-state index >= 15 is 0 Å². The average molecular weight is 347 g/mol. The monoisotopic (exact) mass is 346 g/mol. The molecule has 0 aromatic carbocycles. The van der Waals surface area contributed by atoms with Gasteiger partial charge >= 0.3 is 0 Å². The Bertz CT molecular complexity index is 732. The predicted molar refractivity (Wildman–Crippen MR) is 93.3 cm³/mol. The number of hydrogen-bond acceptors (Lipinski definition) is 5. The van der Waals surface area contributed by atoms with Crippen LogP contribution in [0.25, 0.3) is 11.1 Å². The van der Waals surface area contributed by atoms with E-state index in [1.165, 1.54) is 6.20 Å². The Morgan fingerprint density at radius 1 is 1.38 bits per heavy atom. The molecular formula is C17H19ClN4O2. The first-order valence-electron chi connectivity index (χ1n) is 7.84. The van der Waals surface area contributed by atoms with Gasteiger partial charge in [-0.15, -0.1) is 0 Å². The summed E-state index contributed by atoms with van der Waals surface area (Å²) >= 11 is 6.26. The van der Waals surface area contributed by atoms with Gasteiger partial charge in [0.1, 0.15) is 11.6 Å². The van der Waals surface area contributed by atoms with Crippen molar-refractivity contribution in [2.75, 3.05) is 25.5 Å². The number of anilines is 1. The summed E-state index contributed by atoms with van der Waals surface area (Å²) in [5.74, 6) is 1.07. The summed E-state index contributed by atoms with van der Waals surface area (Å²) < 4.78 is 5.19. The van der Waals surface area contributed by atoms with E-state index in [0.29, 0.717) is 23.1 Å². The van der Waals surface area contributed by atoms with Crippen LogP contribution in [0.15, 0.2) is 30.7 Å². The van der Waals surface area contributed by atoms with Crippen LogP contribution >= 0.6 is 11.6 Å². The second-order valence-electron chi connectivity index (χ2n) is 5.70. The number of nitrogens with zero attached hydrogens (tertiary/aromatic N) is 2. The standard InChI is InChI=1S/C17H19ClN4O2/c1-24-13-5-12(8-20-9-13)14-6-16(21-10-15(14)18)22-17(23)11-3-2-4-19-7-11/h5-6,8-11,19H,2-4,7H2,1H3,(H,21,22,23)/t11-/m1/s1. The first kappa shape index (κ1) is 16.7. The topological polar surface area (TPSA) is 76.1 Å². The Hall–Kier alpha value is -2.18. The van der Waals surface area contributed by atoms with Gasteiger partial charge in [-0.25, -0.2) is 4.98 Å². The number of ether oxygens (including phenoxy) is 1. The lowest BCUT2D eigenvalue weighted by molar-refractivity contribution is -0.120. The second-order valence-corrected chi connectivity index (χ2v) is 6.10. The second kappa shape index (κ2) is 7.59. The van der Waals surface area contributed by atoms with Gasteiger partial charge in [-0.05, 0) is 31.5 Å². The molecule has 3 heterocycles. The maximum atomic E-state index is 12.3. The van der Waals surface area contributed by atoms with Gasteiger partial charge in [0.25, 0.3) is 0 Å². The smallest absolute Gasteiger partial charge is 0.229 e. The zero-order chi connectivity index (χ0) is 16.9. The van der Waals surface area contributed by atoms with Gasteiger partial charge < -0.3 is 15.4 Å². The van der Waals surface area contributed by atoms with Crippen molar-refractivity contribution in [3.05, 3.63) is 35.7 Å². The molecule has 0 unspecified atom stereocenters. The van der Waals surface area contributed by atoms with Crippen molar-refractivity contribution in [2.24, 2.45) is 5.92 Å². The van der Waals surface area contributed by atoms with Crippen molar-refractivity contribution < 1.29 is 9.53 Å². The fourth-order valence-corrected chi connectivity index (χ4v) is 2.92. The molecule has 2 N–H and O–H groups in total. The summed E-state index contributed by atoms with van der Waals surface area (Å²) in [4.78, 5) is 20.7. The number of nitrogens with one attached hydrogen (secondary N) is 2. The molecule has 24 heavy (non-hydrogen) atoms. The fourth-order valence-electron chi connectivity index (χ4n) is 2.71. The van der Waals surface area contributed by atoms with Crippen LogP contribution in [0.2, 0.25) is 5.02 Å². The number of carbonyl (C=O) groups excluding carboxylic acids is 1. The third kappa shape index (κ3) is 3.83. The van der Waals surface area contributed by atoms with Gasteiger partial charge in [-0.2, -0.15) is 0 Å². The van der Waals surface area contributed by atoms with Crippen LogP contribution < -0.4 is 15.4 Å². The highest BCUT2D eigenvalue weighted by molar-refractivity contribution is 6.33. The van der Waals surface area contributed by atoms with Crippen molar-refractivity contribution in [3.8, 4) is 16.9 Å². The molecule has 1 atom stereocenters. The van der Waals surface area contributed by atoms with E-state index in [0.717, 1.165) is 30.5 Å². The molecular weight excluding hydrogens is 328 g/mol. The van der Waals surface area contributed by atoms with E-state index in [-0.39, 0.29) is 11.8 Å². The highest BCUT2D eigenvalue weighted by Gasteiger charge is 2.21. The molecule has 0 aliphatic carbocycles. The lowest BCUT2D eigenvalue weighted by Crippen LogP contribution is -2.37.